The van der Waals surface area contributed by atoms with Gasteiger partial charge in [0.1, 0.15) is 12.0 Å². The monoisotopic (exact) mass is 451 g/mol. The molecule has 0 aliphatic carbocycles. The summed E-state index contributed by atoms with van der Waals surface area (Å²) >= 11 is 0. The Labute approximate surface area is 195 Å². The molecule has 176 valence electrons. The Hall–Kier alpha value is -3.09. The van der Waals surface area contributed by atoms with Gasteiger partial charge in [-0.25, -0.2) is 0 Å². The number of aromatic nitrogens is 1. The molecular formula is C26H33N3O4. The molecule has 2 aromatic rings. The molecule has 2 fully saturated rings. The van der Waals surface area contributed by atoms with Gasteiger partial charge in [0, 0.05) is 38.6 Å². The van der Waals surface area contributed by atoms with Crippen molar-refractivity contribution >= 4 is 17.8 Å². The first kappa shape index (κ1) is 23.1. The van der Waals surface area contributed by atoms with Gasteiger partial charge in [-0.05, 0) is 69.7 Å². The second-order valence-electron chi connectivity index (χ2n) is 10.2. The van der Waals surface area contributed by atoms with E-state index in [2.05, 4.69) is 0 Å². The number of piperidine rings is 1. The van der Waals surface area contributed by atoms with Crippen LogP contribution in [0.2, 0.25) is 0 Å². The number of nitrogens with zero attached hydrogens (tertiary/aromatic N) is 3. The Bertz CT molecular complexity index is 1010. The molecule has 7 nitrogen and oxygen atoms in total. The van der Waals surface area contributed by atoms with Crippen LogP contribution in [0.5, 0.6) is 0 Å². The van der Waals surface area contributed by atoms with Crippen molar-refractivity contribution in [3.63, 3.8) is 0 Å². The summed E-state index contributed by atoms with van der Waals surface area (Å²) in [5.41, 5.74) is 1.02. The van der Waals surface area contributed by atoms with Gasteiger partial charge in [-0.1, -0.05) is 12.1 Å². The molecule has 2 amide bonds. The minimum absolute atomic E-state index is 0.0281. The van der Waals surface area contributed by atoms with Crippen LogP contribution in [0.15, 0.2) is 48.8 Å². The smallest absolute Gasteiger partial charge is 0.315 e. The van der Waals surface area contributed by atoms with Crippen LogP contribution in [0.4, 0.5) is 0 Å². The summed E-state index contributed by atoms with van der Waals surface area (Å²) in [5.74, 6) is -0.597. The maximum atomic E-state index is 13.3. The van der Waals surface area contributed by atoms with E-state index in [1.165, 1.54) is 0 Å². The van der Waals surface area contributed by atoms with Crippen LogP contribution in [0, 0.1) is 5.41 Å². The Kier molecular flexibility index (Phi) is 6.32. The lowest BCUT2D eigenvalue weighted by Crippen LogP contribution is -2.45. The molecule has 0 saturated carbocycles. The third-order valence-electron chi connectivity index (χ3n) is 6.64. The van der Waals surface area contributed by atoms with Crippen molar-refractivity contribution in [2.24, 2.45) is 5.41 Å². The number of para-hydroxylation sites is 1. The molecule has 0 bridgehead atoms. The zero-order valence-corrected chi connectivity index (χ0v) is 19.8. The van der Waals surface area contributed by atoms with E-state index >= 15 is 0 Å². The van der Waals surface area contributed by atoms with E-state index in [4.69, 9.17) is 4.74 Å². The van der Waals surface area contributed by atoms with Gasteiger partial charge in [0.2, 0.25) is 5.91 Å². The lowest BCUT2D eigenvalue weighted by Gasteiger charge is -2.39. The number of hydrogen-bond donors (Lipinski definition) is 0. The van der Waals surface area contributed by atoms with Crippen LogP contribution in [-0.2, 0) is 14.3 Å². The summed E-state index contributed by atoms with van der Waals surface area (Å²) in [4.78, 5) is 41.7. The van der Waals surface area contributed by atoms with Crippen LogP contribution in [-0.4, -0.2) is 63.9 Å². The van der Waals surface area contributed by atoms with Crippen molar-refractivity contribution in [3.05, 3.63) is 54.4 Å². The Morgan fingerprint density at radius 2 is 1.52 bits per heavy atom. The highest BCUT2D eigenvalue weighted by atomic mass is 16.6. The molecule has 7 heteroatoms. The second kappa shape index (κ2) is 9.04. The van der Waals surface area contributed by atoms with E-state index in [9.17, 15) is 14.4 Å². The fourth-order valence-electron chi connectivity index (χ4n) is 4.90. The number of rotatable bonds is 4. The van der Waals surface area contributed by atoms with Crippen LogP contribution in [0.1, 0.15) is 56.8 Å². The first-order valence-electron chi connectivity index (χ1n) is 11.7. The van der Waals surface area contributed by atoms with Crippen molar-refractivity contribution in [2.45, 2.75) is 52.1 Å². The van der Waals surface area contributed by atoms with Crippen molar-refractivity contribution in [1.29, 1.82) is 0 Å². The summed E-state index contributed by atoms with van der Waals surface area (Å²) in [5, 5.41) is 0. The Morgan fingerprint density at radius 3 is 2.15 bits per heavy atom. The molecular weight excluding hydrogens is 418 g/mol. The lowest BCUT2D eigenvalue weighted by molar-refractivity contribution is -0.158. The summed E-state index contributed by atoms with van der Waals surface area (Å²) < 4.78 is 7.25. The number of carbonyl (C=O) groups is 3. The molecule has 4 rings (SSSR count). The van der Waals surface area contributed by atoms with E-state index in [1.54, 1.807) is 25.7 Å². The van der Waals surface area contributed by atoms with Gasteiger partial charge >= 0.3 is 5.97 Å². The summed E-state index contributed by atoms with van der Waals surface area (Å²) in [6, 6.07) is 11.6. The zero-order chi connectivity index (χ0) is 23.6. The molecule has 0 radical (unpaired) electrons. The van der Waals surface area contributed by atoms with E-state index in [0.717, 1.165) is 24.9 Å². The molecule has 1 spiro atoms. The van der Waals surface area contributed by atoms with E-state index < -0.39 is 11.6 Å². The van der Waals surface area contributed by atoms with Crippen molar-refractivity contribution in [3.8, 4) is 5.69 Å². The molecule has 1 aromatic carbocycles. The quantitative estimate of drug-likeness (QED) is 0.525. The van der Waals surface area contributed by atoms with Gasteiger partial charge in [0.15, 0.2) is 0 Å². The number of esters is 1. The molecule has 2 saturated heterocycles. The van der Waals surface area contributed by atoms with Gasteiger partial charge < -0.3 is 19.1 Å². The van der Waals surface area contributed by atoms with Gasteiger partial charge in [-0.15, -0.1) is 0 Å². The van der Waals surface area contributed by atoms with Gasteiger partial charge in [0.05, 0.1) is 11.3 Å². The number of benzene rings is 1. The molecule has 3 heterocycles. The molecule has 0 atom stereocenters. The summed E-state index contributed by atoms with van der Waals surface area (Å²) in [6.45, 7) is 8.05. The van der Waals surface area contributed by atoms with E-state index in [1.807, 2.05) is 58.3 Å². The minimum Gasteiger partial charge on any atom is -0.460 e. The Morgan fingerprint density at radius 1 is 0.909 bits per heavy atom. The van der Waals surface area contributed by atoms with Gasteiger partial charge in [-0.2, -0.15) is 0 Å². The fourth-order valence-corrected chi connectivity index (χ4v) is 4.90. The van der Waals surface area contributed by atoms with E-state index in [0.29, 0.717) is 31.7 Å². The average molecular weight is 452 g/mol. The normalized spacial score (nSPS) is 17.9. The SMILES string of the molecule is CC(C)(C)OC(=O)CC(=O)N1CCC2(CCN(C(=O)c3ccccc3-n3cccc3)CC2)C1. The predicted molar refractivity (Wildman–Crippen MR) is 125 cm³/mol. The van der Waals surface area contributed by atoms with E-state index in [-0.39, 0.29) is 23.7 Å². The number of carbonyl (C=O) groups excluding carboxylic acids is 3. The number of hydrogen-bond acceptors (Lipinski definition) is 4. The first-order chi connectivity index (χ1) is 15.7. The standard InChI is InChI=1S/C26H33N3O4/c1-25(2,3)33-23(31)18-22(30)29-17-12-26(19-29)10-15-28(16-11-26)24(32)20-8-4-5-9-21(20)27-13-6-7-14-27/h4-9,13-14H,10-12,15-19H2,1-3H3. The maximum absolute atomic E-state index is 13.3. The summed E-state index contributed by atoms with van der Waals surface area (Å²) in [7, 11) is 0. The van der Waals surface area contributed by atoms with Crippen LogP contribution in [0.25, 0.3) is 5.69 Å². The highest BCUT2D eigenvalue weighted by Crippen LogP contribution is 2.41. The average Bonchev–Trinajstić information content (AvgIpc) is 3.43. The minimum atomic E-state index is -0.594. The lowest BCUT2D eigenvalue weighted by atomic mass is 9.77. The van der Waals surface area contributed by atoms with Crippen LogP contribution in [0.3, 0.4) is 0 Å². The molecule has 2 aliphatic heterocycles. The summed E-state index contributed by atoms with van der Waals surface area (Å²) in [6.07, 6.45) is 6.31. The highest BCUT2D eigenvalue weighted by molar-refractivity contribution is 5.98. The zero-order valence-electron chi connectivity index (χ0n) is 19.8. The second-order valence-corrected chi connectivity index (χ2v) is 10.2. The first-order valence-corrected chi connectivity index (χ1v) is 11.7. The molecule has 0 N–H and O–H groups in total. The van der Waals surface area contributed by atoms with Crippen molar-refractivity contribution in [2.75, 3.05) is 26.2 Å². The predicted octanol–water partition coefficient (Wildman–Crippen LogP) is 3.66. The molecule has 33 heavy (non-hydrogen) atoms. The number of ether oxygens (including phenoxy) is 1. The van der Waals surface area contributed by atoms with Gasteiger partial charge in [0.25, 0.3) is 5.91 Å². The Balaban J connectivity index is 1.35. The number of likely N-dealkylation sites (tertiary alicyclic amines) is 2. The number of amides is 2. The largest absolute Gasteiger partial charge is 0.460 e. The molecule has 1 aromatic heterocycles. The van der Waals surface area contributed by atoms with Crippen LogP contribution < -0.4 is 0 Å². The molecule has 2 aliphatic rings. The fraction of sp³-hybridized carbons (Fsp3) is 0.500. The highest BCUT2D eigenvalue weighted by Gasteiger charge is 2.43. The third kappa shape index (κ3) is 5.29. The topological polar surface area (TPSA) is 71.9 Å². The third-order valence-corrected chi connectivity index (χ3v) is 6.64. The van der Waals surface area contributed by atoms with Crippen LogP contribution >= 0.6 is 0 Å². The van der Waals surface area contributed by atoms with Crippen molar-refractivity contribution < 1.29 is 19.1 Å². The molecule has 0 unspecified atom stereocenters. The van der Waals surface area contributed by atoms with Crippen molar-refractivity contribution in [1.82, 2.24) is 14.4 Å². The van der Waals surface area contributed by atoms with Gasteiger partial charge in [-0.3, -0.25) is 14.4 Å². The maximum Gasteiger partial charge on any atom is 0.315 e.